The Hall–Kier alpha value is -3.67. The number of nitrogens with one attached hydrogen (secondary N) is 2. The van der Waals surface area contributed by atoms with Crippen LogP contribution in [0.3, 0.4) is 0 Å². The molecular weight excluding hydrogens is 593 g/mol. The van der Waals surface area contributed by atoms with Crippen LogP contribution in [0, 0.1) is 23.6 Å². The smallest absolute Gasteiger partial charge is 0.276 e. The van der Waals surface area contributed by atoms with E-state index in [1.807, 2.05) is 6.92 Å². The first-order valence-electron chi connectivity index (χ1n) is 16.5. The van der Waals surface area contributed by atoms with Gasteiger partial charge in [0, 0.05) is 37.8 Å². The second-order valence-corrected chi connectivity index (χ2v) is 13.7. The number of benzene rings is 1. The Labute approximate surface area is 270 Å². The van der Waals surface area contributed by atoms with Gasteiger partial charge >= 0.3 is 0 Å². The molecule has 1 aliphatic carbocycles. The molecule has 2 fully saturated rings. The van der Waals surface area contributed by atoms with E-state index in [9.17, 15) is 24.3 Å². The lowest BCUT2D eigenvalue weighted by atomic mass is 9.77. The van der Waals surface area contributed by atoms with Crippen LogP contribution in [0.1, 0.15) is 107 Å². The molecule has 252 valence electrons. The predicted octanol–water partition coefficient (Wildman–Crippen LogP) is 3.74. The summed E-state index contributed by atoms with van der Waals surface area (Å²) in [6.07, 6.45) is 3.79. The normalized spacial score (nSPS) is 20.7. The van der Waals surface area contributed by atoms with E-state index < -0.39 is 35.3 Å². The van der Waals surface area contributed by atoms with E-state index in [1.165, 1.54) is 12.1 Å². The number of carbonyl (C=O) groups is 4. The van der Waals surface area contributed by atoms with Crippen molar-refractivity contribution in [1.29, 1.82) is 0 Å². The van der Waals surface area contributed by atoms with E-state index in [0.29, 0.717) is 36.7 Å². The van der Waals surface area contributed by atoms with Crippen molar-refractivity contribution < 1.29 is 33.3 Å². The second-order valence-electron chi connectivity index (χ2n) is 13.7. The molecule has 1 saturated heterocycles. The molecule has 0 unspecified atom stereocenters. The van der Waals surface area contributed by atoms with E-state index in [1.54, 1.807) is 38.7 Å². The molecule has 0 bridgehead atoms. The number of aryl methyl sites for hydroxylation is 1. The maximum Gasteiger partial charge on any atom is 0.276 e. The predicted molar refractivity (Wildman–Crippen MR) is 168 cm³/mol. The standard InChI is InChI=1S/C34H48FN5O6/c1-7-26-31(39-46-38-26)32(43)37-30(21-11-9-19(3)10-12-21)27(41)16-23-14-13-22(15-25(23)35)20(4)29(36-28(42)8-2)33(44)40-17-24(18-40)34(5,6)45/h13-15,19-21,24,29-30,45H,7-12,16-18H2,1-6H3,(H,36,42)(H,37,43)/t19?,20-,21?,29+,30-/m0/s1. The summed E-state index contributed by atoms with van der Waals surface area (Å²) < 4.78 is 20.4. The van der Waals surface area contributed by atoms with Crippen LogP contribution in [0.4, 0.5) is 4.39 Å². The molecule has 3 N–H and O–H groups in total. The Kier molecular flexibility index (Phi) is 11.3. The number of likely N-dealkylation sites (tertiary alicyclic amines) is 1. The van der Waals surface area contributed by atoms with Gasteiger partial charge in [0.15, 0.2) is 11.5 Å². The number of rotatable bonds is 13. The number of hydrogen-bond acceptors (Lipinski definition) is 8. The van der Waals surface area contributed by atoms with Crippen molar-refractivity contribution in [3.8, 4) is 0 Å². The highest BCUT2D eigenvalue weighted by Gasteiger charge is 2.43. The molecule has 3 atom stereocenters. The lowest BCUT2D eigenvalue weighted by Gasteiger charge is -2.46. The van der Waals surface area contributed by atoms with Gasteiger partial charge in [0.1, 0.15) is 17.6 Å². The van der Waals surface area contributed by atoms with Crippen molar-refractivity contribution in [2.24, 2.45) is 17.8 Å². The van der Waals surface area contributed by atoms with Crippen molar-refractivity contribution >= 4 is 23.5 Å². The summed E-state index contributed by atoms with van der Waals surface area (Å²) in [5.74, 6) is -2.24. The van der Waals surface area contributed by atoms with E-state index in [4.69, 9.17) is 4.63 Å². The Balaban J connectivity index is 1.50. The van der Waals surface area contributed by atoms with Gasteiger partial charge < -0.3 is 20.6 Å². The van der Waals surface area contributed by atoms with Gasteiger partial charge in [-0.1, -0.05) is 57.8 Å². The molecule has 12 heteroatoms. The number of halogens is 1. The summed E-state index contributed by atoms with van der Waals surface area (Å²) in [7, 11) is 0. The number of carbonyl (C=O) groups excluding carboxylic acids is 4. The minimum atomic E-state index is -0.927. The van der Waals surface area contributed by atoms with Crippen LogP contribution in [-0.2, 0) is 27.2 Å². The number of hydrogen-bond donors (Lipinski definition) is 3. The molecule has 46 heavy (non-hydrogen) atoms. The topological polar surface area (TPSA) is 155 Å². The molecule has 1 aromatic heterocycles. The van der Waals surface area contributed by atoms with Crippen molar-refractivity contribution in [2.75, 3.05) is 13.1 Å². The van der Waals surface area contributed by atoms with E-state index in [0.717, 1.165) is 25.7 Å². The minimum absolute atomic E-state index is 0.0436. The lowest BCUT2D eigenvalue weighted by molar-refractivity contribution is -0.149. The highest BCUT2D eigenvalue weighted by atomic mass is 19.1. The SMILES string of the molecule is CCC(=O)N[C@@H](C(=O)N1CC(C(C)(C)O)C1)[C@@H](C)c1ccc(CC(=O)[C@@H](NC(=O)c2nonc2CC)C2CCC(C)CC2)c(F)c1. The molecule has 3 amide bonds. The van der Waals surface area contributed by atoms with E-state index >= 15 is 4.39 Å². The maximum atomic E-state index is 15.6. The molecule has 4 rings (SSSR count). The fourth-order valence-electron chi connectivity index (χ4n) is 6.36. The van der Waals surface area contributed by atoms with Crippen LogP contribution in [0.2, 0.25) is 0 Å². The third-order valence-corrected chi connectivity index (χ3v) is 9.84. The number of aliphatic hydroxyl groups is 1. The van der Waals surface area contributed by atoms with Gasteiger partial charge in [-0.15, -0.1) is 0 Å². The zero-order chi connectivity index (χ0) is 33.8. The first-order chi connectivity index (χ1) is 21.7. The Morgan fingerprint density at radius 1 is 1.09 bits per heavy atom. The largest absolute Gasteiger partial charge is 0.390 e. The molecule has 2 aliphatic rings. The summed E-state index contributed by atoms with van der Waals surface area (Å²) in [5, 5.41) is 23.4. The van der Waals surface area contributed by atoms with Gasteiger partial charge in [0.25, 0.3) is 5.91 Å². The van der Waals surface area contributed by atoms with Gasteiger partial charge in [-0.25, -0.2) is 9.02 Å². The van der Waals surface area contributed by atoms with Crippen molar-refractivity contribution in [1.82, 2.24) is 25.8 Å². The molecular formula is C34H48FN5O6. The second kappa shape index (κ2) is 14.8. The first kappa shape index (κ1) is 35.2. The Bertz CT molecular complexity index is 1410. The van der Waals surface area contributed by atoms with Crippen LogP contribution in [0.15, 0.2) is 22.8 Å². The monoisotopic (exact) mass is 641 g/mol. The van der Waals surface area contributed by atoms with Crippen molar-refractivity contribution in [3.05, 3.63) is 46.5 Å². The number of Topliss-reactive ketones (excluding diaryl/α,β-unsaturated/α-hetero) is 1. The molecule has 1 aromatic carbocycles. The third kappa shape index (κ3) is 8.18. The number of aromatic nitrogens is 2. The molecule has 1 aliphatic heterocycles. The fourth-order valence-corrected chi connectivity index (χ4v) is 6.36. The van der Waals surface area contributed by atoms with Crippen molar-refractivity contribution in [2.45, 2.75) is 110 Å². The van der Waals surface area contributed by atoms with Gasteiger partial charge in [-0.05, 0) is 67.3 Å². The van der Waals surface area contributed by atoms with E-state index in [-0.39, 0.29) is 53.5 Å². The van der Waals surface area contributed by atoms with Crippen LogP contribution in [0.5, 0.6) is 0 Å². The quantitative estimate of drug-likeness (QED) is 0.299. The van der Waals surface area contributed by atoms with Gasteiger partial charge in [0.05, 0.1) is 11.6 Å². The van der Waals surface area contributed by atoms with Gasteiger partial charge in [-0.3, -0.25) is 19.2 Å². The molecule has 1 saturated carbocycles. The van der Waals surface area contributed by atoms with Gasteiger partial charge in [0.2, 0.25) is 11.8 Å². The highest BCUT2D eigenvalue weighted by molar-refractivity contribution is 5.97. The molecule has 2 heterocycles. The average Bonchev–Trinajstić information content (AvgIpc) is 3.47. The Morgan fingerprint density at radius 3 is 2.35 bits per heavy atom. The van der Waals surface area contributed by atoms with Crippen LogP contribution >= 0.6 is 0 Å². The summed E-state index contributed by atoms with van der Waals surface area (Å²) in [6, 6.07) is 2.78. The zero-order valence-corrected chi connectivity index (χ0v) is 27.8. The van der Waals surface area contributed by atoms with Crippen LogP contribution in [0.25, 0.3) is 0 Å². The minimum Gasteiger partial charge on any atom is -0.390 e. The summed E-state index contributed by atoms with van der Waals surface area (Å²) in [4.78, 5) is 54.3. The van der Waals surface area contributed by atoms with Crippen molar-refractivity contribution in [3.63, 3.8) is 0 Å². The van der Waals surface area contributed by atoms with Crippen LogP contribution in [-0.4, -0.2) is 74.6 Å². The summed E-state index contributed by atoms with van der Waals surface area (Å²) >= 11 is 0. The molecule has 0 radical (unpaired) electrons. The lowest BCUT2D eigenvalue weighted by Crippen LogP contribution is -2.62. The van der Waals surface area contributed by atoms with E-state index in [2.05, 4.69) is 27.9 Å². The number of nitrogens with zero attached hydrogens (tertiary/aromatic N) is 3. The first-order valence-corrected chi connectivity index (χ1v) is 16.5. The molecule has 2 aromatic rings. The summed E-state index contributed by atoms with van der Waals surface area (Å²) in [6.45, 7) is 11.6. The maximum absolute atomic E-state index is 15.6. The Morgan fingerprint density at radius 2 is 1.76 bits per heavy atom. The molecule has 0 spiro atoms. The number of amides is 3. The fraction of sp³-hybridized carbons (Fsp3) is 0.647. The average molecular weight is 642 g/mol. The number of ketones is 1. The summed E-state index contributed by atoms with van der Waals surface area (Å²) in [5.41, 5.74) is 0.193. The van der Waals surface area contributed by atoms with Gasteiger partial charge in [-0.2, -0.15) is 0 Å². The third-order valence-electron chi connectivity index (χ3n) is 9.84. The molecule has 11 nitrogen and oxygen atoms in total. The highest BCUT2D eigenvalue weighted by Crippen LogP contribution is 2.33. The van der Waals surface area contributed by atoms with Crippen LogP contribution < -0.4 is 10.6 Å². The zero-order valence-electron chi connectivity index (χ0n) is 27.8.